The number of hydrogen-bond acceptors (Lipinski definition) is 3. The van der Waals surface area contributed by atoms with E-state index in [0.717, 1.165) is 38.5 Å². The fourth-order valence-corrected chi connectivity index (χ4v) is 8.49. The first-order valence-corrected chi connectivity index (χ1v) is 14.3. The smallest absolute Gasteiger partial charge is 0.184 e. The van der Waals surface area contributed by atoms with Gasteiger partial charge in [-0.2, -0.15) is 0 Å². The highest BCUT2D eigenvalue weighted by Gasteiger charge is 2.59. The van der Waals surface area contributed by atoms with Gasteiger partial charge >= 0.3 is 0 Å². The minimum Gasteiger partial charge on any atom is -0.414 e. The SMILES string of the molecule is C[C@]12CC[C@H]3[C@@H](CC=C4C[C@@H](O[Si](C)(C)C)CC[C@@]43CO)[C@@H]1CC[C@@H]2O. The van der Waals surface area contributed by atoms with Crippen molar-refractivity contribution in [1.29, 1.82) is 0 Å². The minimum atomic E-state index is -1.52. The van der Waals surface area contributed by atoms with Crippen LogP contribution in [-0.2, 0) is 4.43 Å². The van der Waals surface area contributed by atoms with Gasteiger partial charge in [0.25, 0.3) is 0 Å². The van der Waals surface area contributed by atoms with Gasteiger partial charge in [0.2, 0.25) is 0 Å². The normalized spacial score (nSPS) is 48.4. The first kappa shape index (κ1) is 19.2. The zero-order chi connectivity index (χ0) is 18.7. The fraction of sp³-hybridized carbons (Fsp3) is 0.909. The molecule has 4 aliphatic carbocycles. The number of hydrogen-bond donors (Lipinski definition) is 2. The average molecular weight is 379 g/mol. The summed E-state index contributed by atoms with van der Waals surface area (Å²) >= 11 is 0. The van der Waals surface area contributed by atoms with Crippen LogP contribution in [0.1, 0.15) is 58.3 Å². The molecular formula is C22H38O3Si. The molecular weight excluding hydrogens is 340 g/mol. The van der Waals surface area contributed by atoms with Crippen molar-refractivity contribution in [3.63, 3.8) is 0 Å². The molecule has 0 unspecified atom stereocenters. The predicted octanol–water partition coefficient (Wildman–Crippen LogP) is 4.50. The Morgan fingerprint density at radius 3 is 2.58 bits per heavy atom. The predicted molar refractivity (Wildman–Crippen MR) is 107 cm³/mol. The molecule has 26 heavy (non-hydrogen) atoms. The first-order chi connectivity index (χ1) is 12.2. The van der Waals surface area contributed by atoms with Crippen molar-refractivity contribution in [2.24, 2.45) is 28.6 Å². The van der Waals surface area contributed by atoms with E-state index < -0.39 is 8.32 Å². The second-order valence-electron chi connectivity index (χ2n) is 10.9. The maximum absolute atomic E-state index is 10.6. The molecule has 0 aromatic carbocycles. The van der Waals surface area contributed by atoms with Gasteiger partial charge in [0.05, 0.1) is 12.7 Å². The largest absolute Gasteiger partial charge is 0.414 e. The van der Waals surface area contributed by atoms with Crippen LogP contribution in [0.25, 0.3) is 0 Å². The van der Waals surface area contributed by atoms with E-state index in [-0.39, 0.29) is 16.9 Å². The van der Waals surface area contributed by atoms with E-state index in [2.05, 4.69) is 32.6 Å². The molecule has 148 valence electrons. The molecule has 0 aromatic rings. The first-order valence-electron chi connectivity index (χ1n) is 10.9. The number of allylic oxidation sites excluding steroid dienone is 1. The van der Waals surface area contributed by atoms with Crippen LogP contribution in [-0.4, -0.2) is 37.3 Å². The molecule has 0 bridgehead atoms. The molecule has 2 N–H and O–H groups in total. The molecule has 0 heterocycles. The lowest BCUT2D eigenvalue weighted by atomic mass is 9.47. The Morgan fingerprint density at radius 1 is 1.12 bits per heavy atom. The Bertz CT molecular complexity index is 582. The maximum Gasteiger partial charge on any atom is 0.184 e. The van der Waals surface area contributed by atoms with Gasteiger partial charge in [-0.15, -0.1) is 0 Å². The van der Waals surface area contributed by atoms with Crippen LogP contribution in [0.5, 0.6) is 0 Å². The monoisotopic (exact) mass is 378 g/mol. The van der Waals surface area contributed by atoms with Gasteiger partial charge in [0.1, 0.15) is 0 Å². The second-order valence-corrected chi connectivity index (χ2v) is 15.3. The van der Waals surface area contributed by atoms with E-state index in [4.69, 9.17) is 4.43 Å². The Labute approximate surface area is 160 Å². The zero-order valence-corrected chi connectivity index (χ0v) is 18.1. The highest BCUT2D eigenvalue weighted by atomic mass is 28.4. The van der Waals surface area contributed by atoms with Crippen LogP contribution in [0.15, 0.2) is 11.6 Å². The van der Waals surface area contributed by atoms with Crippen LogP contribution in [0.3, 0.4) is 0 Å². The lowest BCUT2D eigenvalue weighted by Crippen LogP contribution is -2.54. The summed E-state index contributed by atoms with van der Waals surface area (Å²) < 4.78 is 6.44. The highest BCUT2D eigenvalue weighted by Crippen LogP contribution is 2.64. The lowest BCUT2D eigenvalue weighted by Gasteiger charge is -2.58. The molecule has 0 amide bonds. The number of fused-ring (bicyclic) bond motifs is 5. The van der Waals surface area contributed by atoms with Gasteiger partial charge in [0.15, 0.2) is 8.32 Å². The lowest BCUT2D eigenvalue weighted by molar-refractivity contribution is -0.0880. The van der Waals surface area contributed by atoms with Crippen LogP contribution < -0.4 is 0 Å². The van der Waals surface area contributed by atoms with E-state index in [0.29, 0.717) is 30.5 Å². The van der Waals surface area contributed by atoms with E-state index >= 15 is 0 Å². The summed E-state index contributed by atoms with van der Waals surface area (Å²) in [5.74, 6) is 1.88. The molecule has 7 atom stereocenters. The summed E-state index contributed by atoms with van der Waals surface area (Å²) in [5.41, 5.74) is 1.61. The van der Waals surface area contributed by atoms with Gasteiger partial charge in [0, 0.05) is 11.5 Å². The molecule has 0 aliphatic heterocycles. The summed E-state index contributed by atoms with van der Waals surface area (Å²) in [5, 5.41) is 21.2. The van der Waals surface area contributed by atoms with Crippen molar-refractivity contribution < 1.29 is 14.6 Å². The molecule has 0 radical (unpaired) electrons. The standard InChI is InChI=1S/C22H38O3Si/c1-21-11-10-19-17(18(21)7-8-20(21)24)6-5-15-13-16(25-26(2,3)4)9-12-22(15,19)14-23/h5,16-20,23-24H,6-14H2,1-4H3/t16-,17-,18-,19-,20-,21-,22+/m0/s1. The molecule has 3 fully saturated rings. The molecule has 0 saturated heterocycles. The third kappa shape index (κ3) is 2.87. The molecule has 0 spiro atoms. The minimum absolute atomic E-state index is 0.00289. The van der Waals surface area contributed by atoms with Crippen LogP contribution in [0.4, 0.5) is 0 Å². The van der Waals surface area contributed by atoms with Crippen LogP contribution in [0.2, 0.25) is 19.6 Å². The number of aliphatic hydroxyl groups is 2. The van der Waals surface area contributed by atoms with Crippen molar-refractivity contribution in [3.8, 4) is 0 Å². The number of rotatable bonds is 3. The summed E-state index contributed by atoms with van der Waals surface area (Å²) in [4.78, 5) is 0. The van der Waals surface area contributed by atoms with E-state index in [9.17, 15) is 10.2 Å². The fourth-order valence-electron chi connectivity index (χ4n) is 7.29. The molecule has 0 aromatic heterocycles. The van der Waals surface area contributed by atoms with Gasteiger partial charge in [-0.25, -0.2) is 0 Å². The van der Waals surface area contributed by atoms with E-state index in [1.54, 1.807) is 0 Å². The maximum atomic E-state index is 10.6. The highest BCUT2D eigenvalue weighted by molar-refractivity contribution is 6.69. The van der Waals surface area contributed by atoms with Crippen molar-refractivity contribution in [2.75, 3.05) is 6.61 Å². The Hall–Kier alpha value is -0.163. The van der Waals surface area contributed by atoms with Crippen molar-refractivity contribution in [2.45, 2.75) is 90.1 Å². The van der Waals surface area contributed by atoms with E-state index in [1.807, 2.05) is 0 Å². The van der Waals surface area contributed by atoms with Gasteiger partial charge in [-0.1, -0.05) is 18.6 Å². The Kier molecular flexibility index (Phi) is 4.74. The zero-order valence-electron chi connectivity index (χ0n) is 17.1. The summed E-state index contributed by atoms with van der Waals surface area (Å²) in [6.07, 6.45) is 11.5. The third-order valence-corrected chi connectivity index (χ3v) is 9.58. The van der Waals surface area contributed by atoms with Crippen LogP contribution in [0, 0.1) is 28.6 Å². The average Bonchev–Trinajstić information content (AvgIpc) is 2.88. The van der Waals surface area contributed by atoms with Gasteiger partial charge in [-0.3, -0.25) is 0 Å². The molecule has 4 heteroatoms. The topological polar surface area (TPSA) is 49.7 Å². The van der Waals surface area contributed by atoms with Crippen molar-refractivity contribution in [1.82, 2.24) is 0 Å². The van der Waals surface area contributed by atoms with Crippen molar-refractivity contribution in [3.05, 3.63) is 11.6 Å². The van der Waals surface area contributed by atoms with Crippen molar-refractivity contribution >= 4 is 8.32 Å². The van der Waals surface area contributed by atoms with Gasteiger partial charge in [-0.05, 0) is 94.2 Å². The summed E-state index contributed by atoms with van der Waals surface area (Å²) in [7, 11) is -1.52. The van der Waals surface area contributed by atoms with Gasteiger partial charge < -0.3 is 14.6 Å². The molecule has 3 nitrogen and oxygen atoms in total. The summed E-state index contributed by atoms with van der Waals surface area (Å²) in [6, 6.07) is 0. The number of aliphatic hydroxyl groups excluding tert-OH is 2. The third-order valence-electron chi connectivity index (χ3n) is 8.54. The van der Waals surface area contributed by atoms with E-state index in [1.165, 1.54) is 18.4 Å². The molecule has 3 saturated carbocycles. The molecule has 4 aliphatic rings. The Balaban J connectivity index is 1.60. The van der Waals surface area contributed by atoms with Crippen LogP contribution >= 0.6 is 0 Å². The Morgan fingerprint density at radius 2 is 1.88 bits per heavy atom. The molecule has 4 rings (SSSR count). The second kappa shape index (κ2) is 6.43. The quantitative estimate of drug-likeness (QED) is 0.561. The summed E-state index contributed by atoms with van der Waals surface area (Å²) in [6.45, 7) is 9.46.